The third-order valence-corrected chi connectivity index (χ3v) is 5.19. The molecule has 0 saturated carbocycles. The zero-order chi connectivity index (χ0) is 17.8. The molecule has 2 saturated heterocycles. The fourth-order valence-electron chi connectivity index (χ4n) is 3.75. The molecule has 26 heavy (non-hydrogen) atoms. The van der Waals surface area contributed by atoms with E-state index in [1.54, 1.807) is 10.9 Å². The van der Waals surface area contributed by atoms with Crippen molar-refractivity contribution >= 4 is 0 Å². The monoisotopic (exact) mass is 357 g/mol. The largest absolute Gasteiger partial charge is 0.483 e. The maximum Gasteiger partial charge on any atom is 0.157 e. The van der Waals surface area contributed by atoms with E-state index >= 15 is 0 Å². The van der Waals surface area contributed by atoms with Crippen molar-refractivity contribution in [1.82, 2.24) is 25.0 Å². The molecule has 2 aliphatic rings. The van der Waals surface area contributed by atoms with Gasteiger partial charge in [0.25, 0.3) is 0 Å². The third-order valence-electron chi connectivity index (χ3n) is 5.19. The van der Waals surface area contributed by atoms with Gasteiger partial charge in [-0.2, -0.15) is 5.10 Å². The van der Waals surface area contributed by atoms with Crippen molar-refractivity contribution in [3.8, 4) is 5.75 Å². The lowest BCUT2D eigenvalue weighted by Crippen LogP contribution is -2.50. The van der Waals surface area contributed by atoms with Gasteiger partial charge >= 0.3 is 0 Å². The molecule has 0 radical (unpaired) electrons. The van der Waals surface area contributed by atoms with Gasteiger partial charge in [-0.3, -0.25) is 14.6 Å². The van der Waals surface area contributed by atoms with Crippen molar-refractivity contribution in [3.05, 3.63) is 42.5 Å². The van der Waals surface area contributed by atoms with Crippen LogP contribution in [0.4, 0.5) is 0 Å². The van der Waals surface area contributed by atoms with E-state index in [1.165, 1.54) is 5.56 Å². The van der Waals surface area contributed by atoms with Gasteiger partial charge < -0.3 is 14.8 Å². The Bertz CT molecular complexity index is 684. The number of piperidine rings is 1. The van der Waals surface area contributed by atoms with Gasteiger partial charge in [0.1, 0.15) is 6.10 Å². The van der Waals surface area contributed by atoms with Gasteiger partial charge in [-0.15, -0.1) is 0 Å². The Kier molecular flexibility index (Phi) is 5.48. The Morgan fingerprint density at radius 1 is 1.23 bits per heavy atom. The van der Waals surface area contributed by atoms with Gasteiger partial charge in [0, 0.05) is 32.0 Å². The minimum Gasteiger partial charge on any atom is -0.483 e. The Morgan fingerprint density at radius 2 is 2.04 bits per heavy atom. The molecule has 2 aromatic rings. The first-order valence-electron chi connectivity index (χ1n) is 9.36. The molecule has 2 aromatic heterocycles. The zero-order valence-corrected chi connectivity index (χ0v) is 15.3. The summed E-state index contributed by atoms with van der Waals surface area (Å²) < 4.78 is 13.5. The summed E-state index contributed by atoms with van der Waals surface area (Å²) in [6.45, 7) is 4.58. The second-order valence-corrected chi connectivity index (χ2v) is 7.22. The zero-order valence-electron chi connectivity index (χ0n) is 15.3. The molecule has 0 spiro atoms. The molecule has 0 aliphatic carbocycles. The highest BCUT2D eigenvalue weighted by Crippen LogP contribution is 2.19. The Hall–Kier alpha value is -1.96. The number of aromatic nitrogens is 3. The minimum atomic E-state index is 0.0500. The van der Waals surface area contributed by atoms with Crippen LogP contribution in [0.3, 0.4) is 0 Å². The van der Waals surface area contributed by atoms with E-state index in [0.29, 0.717) is 19.3 Å². The van der Waals surface area contributed by atoms with Crippen molar-refractivity contribution in [3.63, 3.8) is 0 Å². The maximum atomic E-state index is 6.06. The number of nitrogens with one attached hydrogen (secondary N) is 1. The van der Waals surface area contributed by atoms with Crippen LogP contribution < -0.4 is 10.1 Å². The van der Waals surface area contributed by atoms with Crippen LogP contribution in [0.25, 0.3) is 0 Å². The van der Waals surface area contributed by atoms with Gasteiger partial charge in [0.15, 0.2) is 5.75 Å². The van der Waals surface area contributed by atoms with E-state index in [0.717, 1.165) is 38.2 Å². The van der Waals surface area contributed by atoms with Crippen LogP contribution in [-0.2, 0) is 18.3 Å². The minimum absolute atomic E-state index is 0.0500. The lowest BCUT2D eigenvalue weighted by atomic mass is 10.0. The topological polar surface area (TPSA) is 64.4 Å². The average molecular weight is 357 g/mol. The summed E-state index contributed by atoms with van der Waals surface area (Å²) in [6.07, 6.45) is 9.75. The molecule has 0 amide bonds. The predicted molar refractivity (Wildman–Crippen MR) is 97.9 cm³/mol. The van der Waals surface area contributed by atoms with E-state index in [4.69, 9.17) is 9.47 Å². The molecular formula is C19H27N5O2. The lowest BCUT2D eigenvalue weighted by Gasteiger charge is -2.34. The summed E-state index contributed by atoms with van der Waals surface area (Å²) in [5, 5.41) is 7.93. The van der Waals surface area contributed by atoms with Crippen LogP contribution in [-0.4, -0.2) is 64.2 Å². The number of nitrogens with zero attached hydrogens (tertiary/aromatic N) is 4. The molecule has 4 rings (SSSR count). The van der Waals surface area contributed by atoms with Crippen molar-refractivity contribution in [2.24, 2.45) is 7.05 Å². The Morgan fingerprint density at radius 3 is 2.77 bits per heavy atom. The highest BCUT2D eigenvalue weighted by Gasteiger charge is 2.33. The first kappa shape index (κ1) is 17.5. The molecule has 140 valence electrons. The summed E-state index contributed by atoms with van der Waals surface area (Å²) in [4.78, 5) is 6.60. The second kappa shape index (κ2) is 8.16. The number of rotatable bonds is 6. The van der Waals surface area contributed by atoms with Crippen molar-refractivity contribution < 1.29 is 9.47 Å². The van der Waals surface area contributed by atoms with Gasteiger partial charge in [-0.25, -0.2) is 0 Å². The van der Waals surface area contributed by atoms with E-state index in [1.807, 2.05) is 25.6 Å². The molecule has 7 heteroatoms. The van der Waals surface area contributed by atoms with Crippen LogP contribution in [0, 0.1) is 0 Å². The number of hydrogen-bond donors (Lipinski definition) is 1. The first-order chi connectivity index (χ1) is 12.8. The second-order valence-electron chi connectivity index (χ2n) is 7.22. The molecule has 7 nitrogen and oxygen atoms in total. The van der Waals surface area contributed by atoms with Gasteiger partial charge in [-0.05, 0) is 43.6 Å². The summed E-state index contributed by atoms with van der Waals surface area (Å²) in [6, 6.07) is 4.96. The normalized spacial score (nSPS) is 24.8. The fourth-order valence-corrected chi connectivity index (χ4v) is 3.75. The van der Waals surface area contributed by atoms with Crippen LogP contribution in [0.2, 0.25) is 0 Å². The molecule has 0 aromatic carbocycles. The molecule has 2 atom stereocenters. The van der Waals surface area contributed by atoms with Crippen LogP contribution in [0.5, 0.6) is 5.75 Å². The number of aryl methyl sites for hydroxylation is 1. The van der Waals surface area contributed by atoms with Crippen LogP contribution in [0.15, 0.2) is 36.9 Å². The van der Waals surface area contributed by atoms with Crippen molar-refractivity contribution in [1.29, 1.82) is 0 Å². The van der Waals surface area contributed by atoms with Gasteiger partial charge in [-0.1, -0.05) is 0 Å². The highest BCUT2D eigenvalue weighted by molar-refractivity contribution is 5.13. The molecule has 0 unspecified atom stereocenters. The predicted octanol–water partition coefficient (Wildman–Crippen LogP) is 1.22. The summed E-state index contributed by atoms with van der Waals surface area (Å²) in [5.74, 6) is 0.807. The maximum absolute atomic E-state index is 6.06. The Labute approximate surface area is 154 Å². The van der Waals surface area contributed by atoms with Crippen molar-refractivity contribution in [2.45, 2.75) is 37.6 Å². The highest BCUT2D eigenvalue weighted by atomic mass is 16.5. The number of pyridine rings is 1. The Balaban J connectivity index is 1.24. The molecule has 1 N–H and O–H groups in total. The number of hydrogen-bond acceptors (Lipinski definition) is 6. The van der Waals surface area contributed by atoms with E-state index in [9.17, 15) is 0 Å². The molecule has 2 fully saturated rings. The molecule has 2 aliphatic heterocycles. The molecule has 4 heterocycles. The van der Waals surface area contributed by atoms with E-state index in [-0.39, 0.29) is 12.1 Å². The average Bonchev–Trinajstić information content (AvgIpc) is 3.27. The third kappa shape index (κ3) is 4.41. The molecular weight excluding hydrogens is 330 g/mol. The summed E-state index contributed by atoms with van der Waals surface area (Å²) in [5.41, 5.74) is 1.33. The number of ether oxygens (including phenoxy) is 2. The van der Waals surface area contributed by atoms with E-state index in [2.05, 4.69) is 32.4 Å². The van der Waals surface area contributed by atoms with Crippen molar-refractivity contribution in [2.75, 3.05) is 26.3 Å². The van der Waals surface area contributed by atoms with Gasteiger partial charge in [0.05, 0.1) is 31.6 Å². The first-order valence-corrected chi connectivity index (χ1v) is 9.36. The quantitative estimate of drug-likeness (QED) is 0.839. The summed E-state index contributed by atoms with van der Waals surface area (Å²) in [7, 11) is 1.90. The standard InChI is InChI=1S/C19H27N5O2/c1-23-12-17(10-21-23)26-19-14-25-13-18(19)22-16-4-8-24(9-5-16)11-15-2-6-20-7-3-15/h2-3,6-7,10,12,16,18-19,22H,4-5,8-9,11,13-14H2,1H3/t18-,19+/m0/s1. The molecule has 0 bridgehead atoms. The van der Waals surface area contributed by atoms with Crippen LogP contribution in [0.1, 0.15) is 18.4 Å². The SMILES string of the molecule is Cn1cc(O[C@@H]2COC[C@@H]2NC2CCN(Cc3ccncc3)CC2)cn1. The summed E-state index contributed by atoms with van der Waals surface area (Å²) >= 11 is 0. The van der Waals surface area contributed by atoms with Gasteiger partial charge in [0.2, 0.25) is 0 Å². The smallest absolute Gasteiger partial charge is 0.157 e. The number of likely N-dealkylation sites (tertiary alicyclic amines) is 1. The van der Waals surface area contributed by atoms with E-state index < -0.39 is 0 Å². The fraction of sp³-hybridized carbons (Fsp3) is 0.579. The lowest BCUT2D eigenvalue weighted by molar-refractivity contribution is 0.135. The van der Waals surface area contributed by atoms with Crippen LogP contribution >= 0.6 is 0 Å².